The molecular formula is C20H18F2N6. The Morgan fingerprint density at radius 2 is 1.86 bits per heavy atom. The summed E-state index contributed by atoms with van der Waals surface area (Å²) < 4.78 is 28.1. The molecule has 1 saturated heterocycles. The average molecular weight is 380 g/mol. The van der Waals surface area contributed by atoms with Crippen LogP contribution in [-0.4, -0.2) is 27.9 Å². The fourth-order valence-electron chi connectivity index (χ4n) is 3.30. The van der Waals surface area contributed by atoms with E-state index in [0.29, 0.717) is 18.3 Å². The molecule has 3 aromatic rings. The molecule has 1 aliphatic heterocycles. The highest BCUT2D eigenvalue weighted by Gasteiger charge is 2.26. The highest BCUT2D eigenvalue weighted by Crippen LogP contribution is 2.30. The SMILES string of the molecule is Cc1cc(Nc2ncn(-c3cc(F)cc(F)c3)n2)cc(N2CC(CC#N)C2)c1. The number of hydrogen-bond acceptors (Lipinski definition) is 5. The van der Waals surface area contributed by atoms with Crippen molar-refractivity contribution in [3.63, 3.8) is 0 Å². The van der Waals surface area contributed by atoms with E-state index in [2.05, 4.69) is 32.4 Å². The van der Waals surface area contributed by atoms with Gasteiger partial charge in [0.2, 0.25) is 5.95 Å². The second-order valence-electron chi connectivity index (χ2n) is 6.96. The van der Waals surface area contributed by atoms with Gasteiger partial charge in [-0.2, -0.15) is 10.2 Å². The second kappa shape index (κ2) is 7.27. The minimum Gasteiger partial charge on any atom is -0.371 e. The molecule has 2 aromatic carbocycles. The molecule has 1 N–H and O–H groups in total. The van der Waals surface area contributed by atoms with Gasteiger partial charge in [-0.15, -0.1) is 5.10 Å². The quantitative estimate of drug-likeness (QED) is 0.726. The molecule has 0 spiro atoms. The van der Waals surface area contributed by atoms with E-state index in [0.717, 1.165) is 36.1 Å². The summed E-state index contributed by atoms with van der Waals surface area (Å²) in [5.41, 5.74) is 3.23. The van der Waals surface area contributed by atoms with Crippen LogP contribution in [0.25, 0.3) is 5.69 Å². The third-order valence-corrected chi connectivity index (χ3v) is 4.62. The first-order valence-electron chi connectivity index (χ1n) is 8.89. The van der Waals surface area contributed by atoms with Crippen LogP contribution in [0, 0.1) is 35.8 Å². The molecule has 4 rings (SSSR count). The number of aromatic nitrogens is 3. The maximum absolute atomic E-state index is 13.4. The summed E-state index contributed by atoms with van der Waals surface area (Å²) in [5, 5.41) is 16.2. The Kier molecular flexibility index (Phi) is 4.65. The van der Waals surface area contributed by atoms with Crippen molar-refractivity contribution in [2.24, 2.45) is 5.92 Å². The maximum Gasteiger partial charge on any atom is 0.246 e. The number of rotatable bonds is 5. The lowest BCUT2D eigenvalue weighted by molar-refractivity contribution is 0.418. The second-order valence-corrected chi connectivity index (χ2v) is 6.96. The fraction of sp³-hybridized carbons (Fsp3) is 0.250. The summed E-state index contributed by atoms with van der Waals surface area (Å²) in [6, 6.07) is 11.5. The van der Waals surface area contributed by atoms with Crippen molar-refractivity contribution in [2.75, 3.05) is 23.3 Å². The van der Waals surface area contributed by atoms with Gasteiger partial charge in [0.25, 0.3) is 0 Å². The predicted molar refractivity (Wildman–Crippen MR) is 102 cm³/mol. The Morgan fingerprint density at radius 1 is 1.11 bits per heavy atom. The predicted octanol–water partition coefficient (Wildman–Crippen LogP) is 3.95. The van der Waals surface area contributed by atoms with Gasteiger partial charge < -0.3 is 10.2 Å². The zero-order valence-electron chi connectivity index (χ0n) is 15.2. The maximum atomic E-state index is 13.4. The van der Waals surface area contributed by atoms with Crippen LogP contribution < -0.4 is 10.2 Å². The van der Waals surface area contributed by atoms with Gasteiger partial charge >= 0.3 is 0 Å². The van der Waals surface area contributed by atoms with Gasteiger partial charge in [-0.1, -0.05) is 0 Å². The van der Waals surface area contributed by atoms with E-state index in [1.807, 2.05) is 19.1 Å². The van der Waals surface area contributed by atoms with Crippen LogP contribution in [0.1, 0.15) is 12.0 Å². The molecule has 0 atom stereocenters. The first-order chi connectivity index (χ1) is 13.5. The Balaban J connectivity index is 1.51. The summed E-state index contributed by atoms with van der Waals surface area (Å²) in [6.45, 7) is 3.74. The van der Waals surface area contributed by atoms with Gasteiger partial charge in [-0.3, -0.25) is 0 Å². The molecule has 2 heterocycles. The van der Waals surface area contributed by atoms with Crippen LogP contribution in [0.5, 0.6) is 0 Å². The molecule has 6 nitrogen and oxygen atoms in total. The first kappa shape index (κ1) is 17.9. The zero-order valence-corrected chi connectivity index (χ0v) is 15.2. The van der Waals surface area contributed by atoms with Crippen molar-refractivity contribution >= 4 is 17.3 Å². The van der Waals surface area contributed by atoms with Gasteiger partial charge in [-0.05, 0) is 42.8 Å². The third kappa shape index (κ3) is 3.78. The molecule has 1 aliphatic rings. The Labute approximate surface area is 161 Å². The molecule has 0 radical (unpaired) electrons. The summed E-state index contributed by atoms with van der Waals surface area (Å²) in [5.74, 6) is -0.599. The molecule has 0 unspecified atom stereocenters. The average Bonchev–Trinajstić information content (AvgIpc) is 3.05. The number of hydrogen-bond donors (Lipinski definition) is 1. The number of nitrogens with zero attached hydrogens (tertiary/aromatic N) is 5. The van der Waals surface area contributed by atoms with Crippen molar-refractivity contribution < 1.29 is 8.78 Å². The number of nitriles is 1. The topological polar surface area (TPSA) is 69.8 Å². The molecule has 0 bridgehead atoms. The normalized spacial score (nSPS) is 13.9. The van der Waals surface area contributed by atoms with E-state index in [-0.39, 0.29) is 5.69 Å². The Bertz CT molecular complexity index is 1030. The zero-order chi connectivity index (χ0) is 19.7. The van der Waals surface area contributed by atoms with E-state index in [9.17, 15) is 8.78 Å². The monoisotopic (exact) mass is 380 g/mol. The standard InChI is InChI=1S/C20H18F2N6/c1-13-4-17(9-18(5-13)27-10-14(11-27)2-3-23)25-20-24-12-28(26-20)19-7-15(21)6-16(22)8-19/h4-9,12,14H,2,10-11H2,1H3,(H,25,26). The summed E-state index contributed by atoms with van der Waals surface area (Å²) >= 11 is 0. The van der Waals surface area contributed by atoms with Crippen LogP contribution in [0.15, 0.2) is 42.7 Å². The van der Waals surface area contributed by atoms with Gasteiger partial charge in [0.1, 0.15) is 18.0 Å². The fourth-order valence-corrected chi connectivity index (χ4v) is 3.30. The first-order valence-corrected chi connectivity index (χ1v) is 8.89. The minimum absolute atomic E-state index is 0.257. The van der Waals surface area contributed by atoms with Gasteiger partial charge in [0, 0.05) is 42.9 Å². The van der Waals surface area contributed by atoms with Gasteiger partial charge in [-0.25, -0.2) is 13.5 Å². The van der Waals surface area contributed by atoms with Crippen LogP contribution in [0.4, 0.5) is 26.1 Å². The van der Waals surface area contributed by atoms with E-state index in [1.165, 1.54) is 23.1 Å². The Hall–Kier alpha value is -3.47. The molecule has 8 heteroatoms. The molecule has 142 valence electrons. The van der Waals surface area contributed by atoms with Crippen molar-refractivity contribution in [3.8, 4) is 11.8 Å². The van der Waals surface area contributed by atoms with Crippen LogP contribution in [0.2, 0.25) is 0 Å². The van der Waals surface area contributed by atoms with Crippen LogP contribution in [-0.2, 0) is 0 Å². The smallest absolute Gasteiger partial charge is 0.246 e. The Morgan fingerprint density at radius 3 is 2.57 bits per heavy atom. The van der Waals surface area contributed by atoms with Crippen LogP contribution >= 0.6 is 0 Å². The van der Waals surface area contributed by atoms with E-state index < -0.39 is 11.6 Å². The lowest BCUT2D eigenvalue weighted by Gasteiger charge is -2.40. The molecular weight excluding hydrogens is 362 g/mol. The highest BCUT2D eigenvalue weighted by molar-refractivity contribution is 5.64. The van der Waals surface area contributed by atoms with Crippen molar-refractivity contribution in [1.29, 1.82) is 5.26 Å². The summed E-state index contributed by atoms with van der Waals surface area (Å²) in [6.07, 6.45) is 1.98. The van der Waals surface area contributed by atoms with Gasteiger partial charge in [0.05, 0.1) is 11.8 Å². The van der Waals surface area contributed by atoms with Gasteiger partial charge in [0.15, 0.2) is 0 Å². The molecule has 0 aliphatic carbocycles. The summed E-state index contributed by atoms with van der Waals surface area (Å²) in [7, 11) is 0. The molecule has 1 fully saturated rings. The lowest BCUT2D eigenvalue weighted by atomic mass is 9.96. The van der Waals surface area contributed by atoms with E-state index >= 15 is 0 Å². The number of anilines is 3. The number of nitrogens with one attached hydrogen (secondary N) is 1. The summed E-state index contributed by atoms with van der Waals surface area (Å²) in [4.78, 5) is 6.39. The van der Waals surface area contributed by atoms with Crippen LogP contribution in [0.3, 0.4) is 0 Å². The highest BCUT2D eigenvalue weighted by atomic mass is 19.1. The minimum atomic E-state index is -0.674. The molecule has 0 amide bonds. The van der Waals surface area contributed by atoms with Crippen molar-refractivity contribution in [1.82, 2.24) is 14.8 Å². The lowest BCUT2D eigenvalue weighted by Crippen LogP contribution is -2.46. The largest absolute Gasteiger partial charge is 0.371 e. The molecule has 0 saturated carbocycles. The van der Waals surface area contributed by atoms with E-state index in [4.69, 9.17) is 5.26 Å². The number of aryl methyl sites for hydroxylation is 1. The molecule has 28 heavy (non-hydrogen) atoms. The van der Waals surface area contributed by atoms with Crippen molar-refractivity contribution in [3.05, 3.63) is 59.9 Å². The number of benzene rings is 2. The van der Waals surface area contributed by atoms with Crippen molar-refractivity contribution in [2.45, 2.75) is 13.3 Å². The number of halogens is 2. The third-order valence-electron chi connectivity index (χ3n) is 4.62. The molecule has 1 aromatic heterocycles. The van der Waals surface area contributed by atoms with E-state index in [1.54, 1.807) is 0 Å².